The fourth-order valence-electron chi connectivity index (χ4n) is 4.48. The zero-order valence-electron chi connectivity index (χ0n) is 12.3. The molecule has 0 aromatic carbocycles. The summed E-state index contributed by atoms with van der Waals surface area (Å²) in [6, 6.07) is 0. The fourth-order valence-corrected chi connectivity index (χ4v) is 4.48. The molecule has 0 heterocycles. The molecule has 0 nitrogen and oxygen atoms in total. The van der Waals surface area contributed by atoms with Crippen molar-refractivity contribution < 1.29 is 0 Å². The average Bonchev–Trinajstić information content (AvgIpc) is 2.91. The Bertz CT molecular complexity index is 208. The molecule has 0 radical (unpaired) electrons. The molecule has 2 aliphatic carbocycles. The summed E-state index contributed by atoms with van der Waals surface area (Å²) in [6.45, 7) is 7.63. The molecule has 0 aliphatic heterocycles. The van der Waals surface area contributed by atoms with Crippen molar-refractivity contribution in [1.29, 1.82) is 0 Å². The van der Waals surface area contributed by atoms with Gasteiger partial charge in [-0.2, -0.15) is 0 Å². The van der Waals surface area contributed by atoms with Gasteiger partial charge in [-0.25, -0.2) is 0 Å². The molecule has 3 atom stereocenters. The summed E-state index contributed by atoms with van der Waals surface area (Å²) in [5.41, 5.74) is 0. The largest absolute Gasteiger partial charge is 0.0620 e. The van der Waals surface area contributed by atoms with Crippen LogP contribution in [0.1, 0.15) is 78.6 Å². The van der Waals surface area contributed by atoms with Gasteiger partial charge in [-0.1, -0.05) is 78.6 Å². The topological polar surface area (TPSA) is 0 Å². The van der Waals surface area contributed by atoms with Crippen LogP contribution in [0.25, 0.3) is 0 Å². The SMILES string of the molecule is CC(C1CCCCC1)[C@H](C)C(C)C1CCCC1. The van der Waals surface area contributed by atoms with Crippen LogP contribution in [0.15, 0.2) is 0 Å². The maximum absolute atomic E-state index is 2.55. The molecule has 17 heavy (non-hydrogen) atoms. The molecule has 0 aromatic rings. The lowest BCUT2D eigenvalue weighted by atomic mass is 9.69. The lowest BCUT2D eigenvalue weighted by molar-refractivity contribution is 0.132. The van der Waals surface area contributed by atoms with Crippen LogP contribution in [-0.2, 0) is 0 Å². The second kappa shape index (κ2) is 6.25. The van der Waals surface area contributed by atoms with Gasteiger partial charge in [-0.3, -0.25) is 0 Å². The molecule has 2 fully saturated rings. The first kappa shape index (κ1) is 13.4. The van der Waals surface area contributed by atoms with Gasteiger partial charge in [0.05, 0.1) is 0 Å². The third kappa shape index (κ3) is 3.26. The first-order valence-electron chi connectivity index (χ1n) is 8.20. The predicted molar refractivity (Wildman–Crippen MR) is 76.0 cm³/mol. The summed E-state index contributed by atoms with van der Waals surface area (Å²) in [5, 5.41) is 0. The van der Waals surface area contributed by atoms with E-state index in [4.69, 9.17) is 0 Å². The molecule has 100 valence electrons. The van der Waals surface area contributed by atoms with Crippen LogP contribution >= 0.6 is 0 Å². The van der Waals surface area contributed by atoms with Gasteiger partial charge in [-0.05, 0) is 29.6 Å². The Balaban J connectivity index is 1.86. The lowest BCUT2D eigenvalue weighted by Crippen LogP contribution is -2.28. The molecule has 0 heteroatoms. The van der Waals surface area contributed by atoms with Crippen molar-refractivity contribution in [2.75, 3.05) is 0 Å². The summed E-state index contributed by atoms with van der Waals surface area (Å²) in [4.78, 5) is 0. The van der Waals surface area contributed by atoms with E-state index in [1.807, 2.05) is 0 Å². The van der Waals surface area contributed by atoms with E-state index in [0.717, 1.165) is 29.6 Å². The van der Waals surface area contributed by atoms with Crippen molar-refractivity contribution >= 4 is 0 Å². The van der Waals surface area contributed by atoms with Crippen molar-refractivity contribution in [1.82, 2.24) is 0 Å². The summed E-state index contributed by atoms with van der Waals surface area (Å²) >= 11 is 0. The van der Waals surface area contributed by atoms with Crippen molar-refractivity contribution in [2.24, 2.45) is 29.6 Å². The van der Waals surface area contributed by atoms with Gasteiger partial charge in [0.1, 0.15) is 0 Å². The van der Waals surface area contributed by atoms with Crippen molar-refractivity contribution in [2.45, 2.75) is 78.6 Å². The Labute approximate surface area is 109 Å². The molecule has 0 spiro atoms. The van der Waals surface area contributed by atoms with Gasteiger partial charge in [0.2, 0.25) is 0 Å². The Kier molecular flexibility index (Phi) is 4.94. The summed E-state index contributed by atoms with van der Waals surface area (Å²) in [6.07, 6.45) is 13.6. The zero-order chi connectivity index (χ0) is 12.3. The number of rotatable bonds is 4. The second-order valence-corrected chi connectivity index (χ2v) is 7.02. The fraction of sp³-hybridized carbons (Fsp3) is 1.00. The molecule has 0 bridgehead atoms. The van der Waals surface area contributed by atoms with E-state index in [-0.39, 0.29) is 0 Å². The van der Waals surface area contributed by atoms with Gasteiger partial charge in [-0.15, -0.1) is 0 Å². The molecular formula is C17H32. The van der Waals surface area contributed by atoms with E-state index in [9.17, 15) is 0 Å². The maximum atomic E-state index is 2.55. The standard InChI is InChI=1S/C17H32/c1-13(15(3)17-11-7-8-12-17)14(2)16-9-5-4-6-10-16/h13-17H,4-12H2,1-3H3/t13-,14?,15?/m0/s1. The molecule has 0 saturated heterocycles. The summed E-state index contributed by atoms with van der Waals surface area (Å²) in [5.74, 6) is 4.97. The Morgan fingerprint density at radius 1 is 0.588 bits per heavy atom. The highest BCUT2D eigenvalue weighted by molar-refractivity contribution is 4.82. The van der Waals surface area contributed by atoms with E-state index in [1.54, 1.807) is 0 Å². The monoisotopic (exact) mass is 236 g/mol. The molecule has 2 aliphatic rings. The average molecular weight is 236 g/mol. The first-order chi connectivity index (χ1) is 8.20. The quantitative estimate of drug-likeness (QED) is 0.590. The van der Waals surface area contributed by atoms with E-state index < -0.39 is 0 Å². The van der Waals surface area contributed by atoms with Crippen LogP contribution in [0.2, 0.25) is 0 Å². The molecule has 0 amide bonds. The first-order valence-corrected chi connectivity index (χ1v) is 8.20. The van der Waals surface area contributed by atoms with Crippen LogP contribution in [0.3, 0.4) is 0 Å². The molecule has 2 unspecified atom stereocenters. The van der Waals surface area contributed by atoms with Crippen LogP contribution < -0.4 is 0 Å². The normalized spacial score (nSPS) is 29.1. The highest BCUT2D eigenvalue weighted by atomic mass is 14.4. The summed E-state index contributed by atoms with van der Waals surface area (Å²) < 4.78 is 0. The van der Waals surface area contributed by atoms with E-state index in [1.165, 1.54) is 57.8 Å². The maximum Gasteiger partial charge on any atom is -0.0386 e. The Hall–Kier alpha value is 0. The molecule has 0 N–H and O–H groups in total. The minimum Gasteiger partial charge on any atom is -0.0620 e. The van der Waals surface area contributed by atoms with Crippen molar-refractivity contribution in [3.05, 3.63) is 0 Å². The Morgan fingerprint density at radius 3 is 1.35 bits per heavy atom. The second-order valence-electron chi connectivity index (χ2n) is 7.02. The lowest BCUT2D eigenvalue weighted by Gasteiger charge is -2.36. The molecule has 2 rings (SSSR count). The van der Waals surface area contributed by atoms with Crippen LogP contribution in [0.4, 0.5) is 0 Å². The van der Waals surface area contributed by atoms with Gasteiger partial charge in [0, 0.05) is 0 Å². The molecule has 2 saturated carbocycles. The highest BCUT2D eigenvalue weighted by Gasteiger charge is 2.32. The smallest absolute Gasteiger partial charge is 0.0386 e. The summed E-state index contributed by atoms with van der Waals surface area (Å²) in [7, 11) is 0. The van der Waals surface area contributed by atoms with Gasteiger partial charge in [0.25, 0.3) is 0 Å². The van der Waals surface area contributed by atoms with Gasteiger partial charge in [0.15, 0.2) is 0 Å². The third-order valence-corrected chi connectivity index (χ3v) is 6.20. The zero-order valence-corrected chi connectivity index (χ0v) is 12.3. The van der Waals surface area contributed by atoms with Gasteiger partial charge < -0.3 is 0 Å². The number of hydrogen-bond acceptors (Lipinski definition) is 0. The van der Waals surface area contributed by atoms with Crippen LogP contribution in [0, 0.1) is 29.6 Å². The van der Waals surface area contributed by atoms with E-state index in [0.29, 0.717) is 0 Å². The minimum absolute atomic E-state index is 0.946. The van der Waals surface area contributed by atoms with Gasteiger partial charge >= 0.3 is 0 Å². The molecule has 0 aromatic heterocycles. The van der Waals surface area contributed by atoms with E-state index in [2.05, 4.69) is 20.8 Å². The van der Waals surface area contributed by atoms with Crippen molar-refractivity contribution in [3.63, 3.8) is 0 Å². The minimum atomic E-state index is 0.946. The molecular weight excluding hydrogens is 204 g/mol. The predicted octanol–water partition coefficient (Wildman–Crippen LogP) is 5.67. The number of hydrogen-bond donors (Lipinski definition) is 0. The Morgan fingerprint density at radius 2 is 0.941 bits per heavy atom. The van der Waals surface area contributed by atoms with E-state index >= 15 is 0 Å². The van der Waals surface area contributed by atoms with Crippen molar-refractivity contribution in [3.8, 4) is 0 Å². The highest BCUT2D eigenvalue weighted by Crippen LogP contribution is 2.41. The third-order valence-electron chi connectivity index (χ3n) is 6.20. The van der Waals surface area contributed by atoms with Crippen LogP contribution in [-0.4, -0.2) is 0 Å². The van der Waals surface area contributed by atoms with Crippen LogP contribution in [0.5, 0.6) is 0 Å².